The van der Waals surface area contributed by atoms with Crippen LogP contribution in [0.5, 0.6) is 0 Å². The van der Waals surface area contributed by atoms with Crippen LogP contribution in [0.4, 0.5) is 4.39 Å². The quantitative estimate of drug-likeness (QED) is 0.791. The molecule has 17 heavy (non-hydrogen) atoms. The van der Waals surface area contributed by atoms with E-state index in [9.17, 15) is 9.18 Å². The first-order valence-corrected chi connectivity index (χ1v) is 6.31. The predicted octanol–water partition coefficient (Wildman–Crippen LogP) is 3.89. The third-order valence-corrected chi connectivity index (χ3v) is 3.45. The summed E-state index contributed by atoms with van der Waals surface area (Å²) >= 11 is 6.68. The number of benzene rings is 1. The van der Waals surface area contributed by atoms with Crippen LogP contribution in [0.25, 0.3) is 10.6 Å². The Morgan fingerprint density at radius 2 is 2.29 bits per heavy atom. The van der Waals surface area contributed by atoms with Crippen molar-refractivity contribution in [2.75, 3.05) is 0 Å². The number of nitrogens with zero attached hydrogens (tertiary/aromatic N) is 1. The molecule has 1 aromatic carbocycles. The smallest absolute Gasteiger partial charge is 0.271 e. The Morgan fingerprint density at radius 3 is 2.88 bits per heavy atom. The second kappa shape index (κ2) is 4.94. The molecule has 2 aromatic rings. The summed E-state index contributed by atoms with van der Waals surface area (Å²) in [5.41, 5.74) is 1.95. The monoisotopic (exact) mass is 269 g/mol. The standard InChI is InChI=1S/C12H9ClFNOS/c1-2-7-5-8(14)3-4-9(7)12-15-10(6-17-12)11(13)16/h3-6H,2H2,1H3. The van der Waals surface area contributed by atoms with E-state index in [0.29, 0.717) is 11.4 Å². The number of hydrogen-bond donors (Lipinski definition) is 0. The van der Waals surface area contributed by atoms with E-state index in [1.807, 2.05) is 6.92 Å². The molecule has 0 atom stereocenters. The molecule has 0 aliphatic heterocycles. The van der Waals surface area contributed by atoms with Gasteiger partial charge in [0.05, 0.1) is 0 Å². The lowest BCUT2D eigenvalue weighted by atomic mass is 10.1. The van der Waals surface area contributed by atoms with Crippen LogP contribution in [0.1, 0.15) is 23.0 Å². The summed E-state index contributed by atoms with van der Waals surface area (Å²) in [6.45, 7) is 1.94. The van der Waals surface area contributed by atoms with Gasteiger partial charge in [0.2, 0.25) is 0 Å². The highest BCUT2D eigenvalue weighted by atomic mass is 35.5. The van der Waals surface area contributed by atoms with Crippen LogP contribution in [0.2, 0.25) is 0 Å². The zero-order chi connectivity index (χ0) is 12.4. The minimum atomic E-state index is -0.576. The number of thiazole rings is 1. The molecule has 0 aliphatic rings. The van der Waals surface area contributed by atoms with Crippen molar-refractivity contribution in [3.05, 3.63) is 40.7 Å². The fourth-order valence-electron chi connectivity index (χ4n) is 1.55. The Morgan fingerprint density at radius 1 is 1.53 bits per heavy atom. The van der Waals surface area contributed by atoms with Crippen LogP contribution >= 0.6 is 22.9 Å². The van der Waals surface area contributed by atoms with Gasteiger partial charge in [0.15, 0.2) is 0 Å². The molecule has 0 spiro atoms. The summed E-state index contributed by atoms with van der Waals surface area (Å²) in [7, 11) is 0. The third-order valence-electron chi connectivity index (χ3n) is 2.38. The van der Waals surface area contributed by atoms with Crippen molar-refractivity contribution >= 4 is 28.2 Å². The molecular formula is C12H9ClFNOS. The maximum absolute atomic E-state index is 13.1. The molecule has 0 radical (unpaired) electrons. The third kappa shape index (κ3) is 2.53. The van der Waals surface area contributed by atoms with Crippen LogP contribution in [-0.2, 0) is 6.42 Å². The molecule has 5 heteroatoms. The Labute approximate surface area is 107 Å². The zero-order valence-electron chi connectivity index (χ0n) is 9.04. The van der Waals surface area contributed by atoms with E-state index < -0.39 is 5.24 Å². The van der Waals surface area contributed by atoms with Gasteiger partial charge < -0.3 is 0 Å². The van der Waals surface area contributed by atoms with E-state index in [0.717, 1.165) is 11.1 Å². The molecule has 0 saturated heterocycles. The van der Waals surface area contributed by atoms with Crippen molar-refractivity contribution in [2.24, 2.45) is 0 Å². The number of carbonyl (C=O) groups excluding carboxylic acids is 1. The van der Waals surface area contributed by atoms with Gasteiger partial charge in [-0.2, -0.15) is 0 Å². The molecule has 0 N–H and O–H groups in total. The van der Waals surface area contributed by atoms with E-state index in [2.05, 4.69) is 4.98 Å². The Bertz CT molecular complexity index is 567. The van der Waals surface area contributed by atoms with Crippen molar-refractivity contribution in [1.29, 1.82) is 0 Å². The topological polar surface area (TPSA) is 30.0 Å². The van der Waals surface area contributed by atoms with Gasteiger partial charge in [-0.1, -0.05) is 6.92 Å². The summed E-state index contributed by atoms with van der Waals surface area (Å²) in [5, 5.41) is 1.71. The number of halogens is 2. The molecular weight excluding hydrogens is 261 g/mol. The SMILES string of the molecule is CCc1cc(F)ccc1-c1nc(C(=O)Cl)cs1. The number of hydrogen-bond acceptors (Lipinski definition) is 3. The van der Waals surface area contributed by atoms with E-state index in [1.165, 1.54) is 23.5 Å². The summed E-state index contributed by atoms with van der Waals surface area (Å²) in [6.07, 6.45) is 0.705. The van der Waals surface area contributed by atoms with Crippen molar-refractivity contribution in [3.63, 3.8) is 0 Å². The van der Waals surface area contributed by atoms with Crippen LogP contribution in [0.3, 0.4) is 0 Å². The van der Waals surface area contributed by atoms with Gasteiger partial charge in [0.25, 0.3) is 5.24 Å². The lowest BCUT2D eigenvalue weighted by Crippen LogP contribution is -1.91. The van der Waals surface area contributed by atoms with Crippen LogP contribution < -0.4 is 0 Å². The molecule has 1 aromatic heterocycles. The van der Waals surface area contributed by atoms with E-state index in [1.54, 1.807) is 11.4 Å². The number of carbonyl (C=O) groups is 1. The molecule has 0 aliphatic carbocycles. The van der Waals surface area contributed by atoms with E-state index in [4.69, 9.17) is 11.6 Å². The first-order valence-electron chi connectivity index (χ1n) is 5.06. The van der Waals surface area contributed by atoms with Crippen molar-refractivity contribution in [3.8, 4) is 10.6 Å². The molecule has 0 saturated carbocycles. The average molecular weight is 270 g/mol. The fraction of sp³-hybridized carbons (Fsp3) is 0.167. The van der Waals surface area contributed by atoms with Gasteiger partial charge in [-0.15, -0.1) is 11.3 Å². The second-order valence-corrected chi connectivity index (χ2v) is 4.67. The molecule has 0 fully saturated rings. The number of aryl methyl sites for hydroxylation is 1. The molecule has 2 nitrogen and oxygen atoms in total. The summed E-state index contributed by atoms with van der Waals surface area (Å²) in [4.78, 5) is 15.1. The predicted molar refractivity (Wildman–Crippen MR) is 67.1 cm³/mol. The Balaban J connectivity index is 2.48. The molecule has 0 unspecified atom stereocenters. The molecule has 0 bridgehead atoms. The maximum Gasteiger partial charge on any atom is 0.271 e. The number of rotatable bonds is 3. The van der Waals surface area contributed by atoms with Gasteiger partial charge in [0.1, 0.15) is 16.5 Å². The van der Waals surface area contributed by atoms with Gasteiger partial charge in [-0.3, -0.25) is 4.79 Å². The van der Waals surface area contributed by atoms with E-state index in [-0.39, 0.29) is 11.5 Å². The minimum absolute atomic E-state index is 0.234. The van der Waals surface area contributed by atoms with Gasteiger partial charge in [-0.25, -0.2) is 9.37 Å². The molecule has 88 valence electrons. The first-order chi connectivity index (χ1) is 8.11. The van der Waals surface area contributed by atoms with Crippen LogP contribution in [0, 0.1) is 5.82 Å². The Hall–Kier alpha value is -1.26. The highest BCUT2D eigenvalue weighted by Gasteiger charge is 2.12. The highest BCUT2D eigenvalue weighted by molar-refractivity contribution is 7.13. The van der Waals surface area contributed by atoms with Crippen molar-refractivity contribution < 1.29 is 9.18 Å². The maximum atomic E-state index is 13.1. The van der Waals surface area contributed by atoms with Crippen LogP contribution in [0.15, 0.2) is 23.6 Å². The molecule has 0 amide bonds. The van der Waals surface area contributed by atoms with Gasteiger partial charge >= 0.3 is 0 Å². The fourth-order valence-corrected chi connectivity index (χ4v) is 2.57. The van der Waals surface area contributed by atoms with Crippen LogP contribution in [-0.4, -0.2) is 10.2 Å². The second-order valence-electron chi connectivity index (χ2n) is 3.47. The van der Waals surface area contributed by atoms with Gasteiger partial charge in [0, 0.05) is 10.9 Å². The van der Waals surface area contributed by atoms with Crippen molar-refractivity contribution in [2.45, 2.75) is 13.3 Å². The summed E-state index contributed by atoms with van der Waals surface area (Å²) < 4.78 is 13.1. The molecule has 2 rings (SSSR count). The van der Waals surface area contributed by atoms with Crippen molar-refractivity contribution in [1.82, 2.24) is 4.98 Å². The highest BCUT2D eigenvalue weighted by Crippen LogP contribution is 2.28. The normalized spacial score (nSPS) is 10.5. The van der Waals surface area contributed by atoms with Gasteiger partial charge in [-0.05, 0) is 41.8 Å². The summed E-state index contributed by atoms with van der Waals surface area (Å²) in [6, 6.07) is 4.55. The largest absolute Gasteiger partial charge is 0.274 e. The number of aromatic nitrogens is 1. The molecule has 1 heterocycles. The van der Waals surface area contributed by atoms with E-state index >= 15 is 0 Å². The zero-order valence-corrected chi connectivity index (χ0v) is 10.6. The first kappa shape index (κ1) is 12.2. The lowest BCUT2D eigenvalue weighted by molar-refractivity contribution is 0.107. The lowest BCUT2D eigenvalue weighted by Gasteiger charge is -2.04. The average Bonchev–Trinajstić information content (AvgIpc) is 2.78. The minimum Gasteiger partial charge on any atom is -0.274 e. The Kier molecular flexibility index (Phi) is 3.54. The summed E-state index contributed by atoms with van der Waals surface area (Å²) in [5.74, 6) is -0.268.